The molecule has 24 heavy (non-hydrogen) atoms. The van der Waals surface area contributed by atoms with Crippen molar-refractivity contribution in [3.05, 3.63) is 59.2 Å². The van der Waals surface area contributed by atoms with E-state index in [1.165, 1.54) is 55.2 Å². The van der Waals surface area contributed by atoms with Crippen LogP contribution in [0.2, 0.25) is 0 Å². The predicted molar refractivity (Wildman–Crippen MR) is 100 cm³/mol. The second-order valence-corrected chi connectivity index (χ2v) is 7.63. The Labute approximate surface area is 146 Å². The summed E-state index contributed by atoms with van der Waals surface area (Å²) >= 11 is 0. The van der Waals surface area contributed by atoms with Crippen molar-refractivity contribution in [1.82, 2.24) is 9.97 Å². The van der Waals surface area contributed by atoms with E-state index in [0.717, 1.165) is 17.8 Å². The fourth-order valence-electron chi connectivity index (χ4n) is 4.17. The lowest BCUT2D eigenvalue weighted by molar-refractivity contribution is 0.444. The minimum absolute atomic E-state index is 0.772. The molecule has 4 rings (SSSR count). The molecule has 128 valence electrons. The fourth-order valence-corrected chi connectivity index (χ4v) is 4.17. The van der Waals surface area contributed by atoms with Gasteiger partial charge in [0.05, 0.1) is 0 Å². The van der Waals surface area contributed by atoms with Gasteiger partial charge in [0.15, 0.2) is 0 Å². The van der Waals surface area contributed by atoms with Crippen molar-refractivity contribution < 1.29 is 0 Å². The van der Waals surface area contributed by atoms with Gasteiger partial charge in [-0.15, -0.1) is 0 Å². The molecule has 0 radical (unpaired) electrons. The second kappa shape index (κ2) is 7.92. The van der Waals surface area contributed by atoms with E-state index in [0.29, 0.717) is 0 Å². The predicted octanol–water partition coefficient (Wildman–Crippen LogP) is 5.36. The van der Waals surface area contributed by atoms with Crippen LogP contribution in [-0.4, -0.2) is 9.97 Å². The van der Waals surface area contributed by atoms with Crippen molar-refractivity contribution in [3.8, 4) is 0 Å². The van der Waals surface area contributed by atoms with E-state index in [4.69, 9.17) is 0 Å². The zero-order chi connectivity index (χ0) is 16.9. The highest BCUT2D eigenvalue weighted by Gasteiger charge is 2.24. The number of hydrogen-bond acceptors (Lipinski definition) is 2. The number of fused-ring (bicyclic) bond motifs is 2. The average Bonchev–Trinajstić information content (AvgIpc) is 3.06. The van der Waals surface area contributed by atoms with Gasteiger partial charge in [0.1, 0.15) is 0 Å². The molecule has 0 N–H and O–H groups in total. The van der Waals surface area contributed by atoms with Gasteiger partial charge in [-0.05, 0) is 84.2 Å². The third-order valence-electron chi connectivity index (χ3n) is 5.78. The van der Waals surface area contributed by atoms with Gasteiger partial charge >= 0.3 is 0 Å². The average molecular weight is 322 g/mol. The van der Waals surface area contributed by atoms with Crippen LogP contribution in [0.4, 0.5) is 0 Å². The van der Waals surface area contributed by atoms with Crippen LogP contribution in [0.15, 0.2) is 36.9 Å². The zero-order valence-corrected chi connectivity index (χ0v) is 15.3. The summed E-state index contributed by atoms with van der Waals surface area (Å²) in [6, 6.07) is 4.37. The first-order chi connectivity index (χ1) is 11.7. The molecule has 0 spiro atoms. The molecule has 0 saturated heterocycles. The Morgan fingerprint density at radius 3 is 2.42 bits per heavy atom. The zero-order valence-electron chi connectivity index (χ0n) is 15.3. The largest absolute Gasteiger partial charge is 0.264 e. The third-order valence-corrected chi connectivity index (χ3v) is 5.78. The molecule has 2 atom stereocenters. The Morgan fingerprint density at radius 2 is 1.67 bits per heavy atom. The summed E-state index contributed by atoms with van der Waals surface area (Å²) in [6.45, 7) is 6.90. The van der Waals surface area contributed by atoms with Crippen molar-refractivity contribution in [3.63, 3.8) is 0 Å². The molecule has 2 nitrogen and oxygen atoms in total. The number of aromatic nitrogens is 2. The van der Waals surface area contributed by atoms with Crippen molar-refractivity contribution in [2.24, 2.45) is 11.8 Å². The topological polar surface area (TPSA) is 25.8 Å². The van der Waals surface area contributed by atoms with Gasteiger partial charge in [-0.3, -0.25) is 9.97 Å². The van der Waals surface area contributed by atoms with E-state index in [-0.39, 0.29) is 0 Å². The van der Waals surface area contributed by atoms with Gasteiger partial charge in [0.25, 0.3) is 0 Å². The highest BCUT2D eigenvalue weighted by molar-refractivity contribution is 5.32. The van der Waals surface area contributed by atoms with Crippen LogP contribution in [-0.2, 0) is 19.3 Å². The smallest absolute Gasteiger partial charge is 0.0302 e. The highest BCUT2D eigenvalue weighted by atomic mass is 14.6. The van der Waals surface area contributed by atoms with Gasteiger partial charge < -0.3 is 0 Å². The molecule has 2 unspecified atom stereocenters. The first-order valence-electron chi connectivity index (χ1n) is 9.53. The third kappa shape index (κ3) is 3.85. The van der Waals surface area contributed by atoms with Gasteiger partial charge in [-0.1, -0.05) is 27.2 Å². The van der Waals surface area contributed by atoms with Crippen LogP contribution in [0.1, 0.15) is 68.2 Å². The number of rotatable bonds is 2. The van der Waals surface area contributed by atoms with Gasteiger partial charge in [0.2, 0.25) is 0 Å². The first kappa shape index (κ1) is 17.1. The molecule has 0 amide bonds. The summed E-state index contributed by atoms with van der Waals surface area (Å²) in [5.41, 5.74) is 6.02. The molecule has 0 aromatic carbocycles. The minimum Gasteiger partial charge on any atom is -0.264 e. The highest BCUT2D eigenvalue weighted by Crippen LogP contribution is 2.37. The molecule has 2 heterocycles. The Balaban J connectivity index is 0.000000141. The Kier molecular flexibility index (Phi) is 5.65. The molecule has 0 aliphatic heterocycles. The quantitative estimate of drug-likeness (QED) is 0.743. The molecular weight excluding hydrogens is 292 g/mol. The van der Waals surface area contributed by atoms with E-state index in [2.05, 4.69) is 42.9 Å². The van der Waals surface area contributed by atoms with E-state index < -0.39 is 0 Å². The van der Waals surface area contributed by atoms with Crippen LogP contribution in [0.25, 0.3) is 0 Å². The molecule has 0 saturated carbocycles. The van der Waals surface area contributed by atoms with Crippen LogP contribution >= 0.6 is 0 Å². The van der Waals surface area contributed by atoms with Crippen molar-refractivity contribution >= 4 is 0 Å². The van der Waals surface area contributed by atoms with Crippen molar-refractivity contribution in [2.45, 2.75) is 65.2 Å². The standard InChI is InChI=1S/2C11H15N/c1-8(2)10-4-3-9-7-12-6-5-11(9)10;1-2-9-3-4-11-8-12-6-5-10(11)7-9/h5-8,10H,3-4H2,1-2H3;5-6,8-9H,2-4,7H2,1H3. The summed E-state index contributed by atoms with van der Waals surface area (Å²) < 4.78 is 0. The molecule has 2 aromatic heterocycles. The lowest BCUT2D eigenvalue weighted by Crippen LogP contribution is -2.13. The van der Waals surface area contributed by atoms with Gasteiger partial charge in [0, 0.05) is 24.8 Å². The molecule has 2 aliphatic carbocycles. The number of nitrogens with zero attached hydrogens (tertiary/aromatic N) is 2. The number of hydrogen-bond donors (Lipinski definition) is 0. The second-order valence-electron chi connectivity index (χ2n) is 7.63. The normalized spacial score (nSPS) is 21.7. The van der Waals surface area contributed by atoms with Crippen LogP contribution in [0.3, 0.4) is 0 Å². The monoisotopic (exact) mass is 322 g/mol. The van der Waals surface area contributed by atoms with Crippen molar-refractivity contribution in [1.29, 1.82) is 0 Å². The summed E-state index contributed by atoms with van der Waals surface area (Å²) in [5.74, 6) is 2.47. The molecule has 2 aromatic rings. The van der Waals surface area contributed by atoms with Crippen molar-refractivity contribution in [2.75, 3.05) is 0 Å². The molecular formula is C22H30N2. The summed E-state index contributed by atoms with van der Waals surface area (Å²) in [6.07, 6.45) is 15.6. The minimum atomic E-state index is 0.772. The van der Waals surface area contributed by atoms with E-state index >= 15 is 0 Å². The Hall–Kier alpha value is -1.70. The molecule has 0 bridgehead atoms. The lowest BCUT2D eigenvalue weighted by atomic mass is 9.84. The van der Waals surface area contributed by atoms with Crippen LogP contribution in [0, 0.1) is 11.8 Å². The maximum absolute atomic E-state index is 4.15. The van der Waals surface area contributed by atoms with Gasteiger partial charge in [-0.2, -0.15) is 0 Å². The number of aryl methyl sites for hydroxylation is 2. The van der Waals surface area contributed by atoms with Crippen LogP contribution < -0.4 is 0 Å². The van der Waals surface area contributed by atoms with Gasteiger partial charge in [-0.25, -0.2) is 0 Å². The summed E-state index contributed by atoms with van der Waals surface area (Å²) in [5, 5.41) is 0. The lowest BCUT2D eigenvalue weighted by Gasteiger charge is -2.22. The summed E-state index contributed by atoms with van der Waals surface area (Å²) in [4.78, 5) is 8.30. The Bertz CT molecular complexity index is 663. The first-order valence-corrected chi connectivity index (χ1v) is 9.53. The maximum Gasteiger partial charge on any atom is 0.0302 e. The van der Waals surface area contributed by atoms with E-state index in [9.17, 15) is 0 Å². The number of pyridine rings is 2. The van der Waals surface area contributed by atoms with E-state index in [1.807, 2.05) is 24.8 Å². The molecule has 0 fully saturated rings. The fraction of sp³-hybridized carbons (Fsp3) is 0.545. The molecule has 2 heteroatoms. The SMILES string of the molecule is CC(C)C1CCc2cnccc21.CCC1CCc2cnccc2C1. The van der Waals surface area contributed by atoms with E-state index in [1.54, 1.807) is 5.56 Å². The maximum atomic E-state index is 4.15. The summed E-state index contributed by atoms with van der Waals surface area (Å²) in [7, 11) is 0. The Morgan fingerprint density at radius 1 is 0.958 bits per heavy atom. The molecule has 2 aliphatic rings. The van der Waals surface area contributed by atoms with Crippen LogP contribution in [0.5, 0.6) is 0 Å².